The van der Waals surface area contributed by atoms with Crippen LogP contribution in [0.5, 0.6) is 0 Å². The van der Waals surface area contributed by atoms with Crippen molar-refractivity contribution in [2.24, 2.45) is 5.41 Å². The first-order valence-corrected chi connectivity index (χ1v) is 8.41. The summed E-state index contributed by atoms with van der Waals surface area (Å²) >= 11 is 0. The van der Waals surface area contributed by atoms with E-state index in [2.05, 4.69) is 0 Å². The molecule has 24 heavy (non-hydrogen) atoms. The molecule has 1 fully saturated rings. The van der Waals surface area contributed by atoms with E-state index in [4.69, 9.17) is 14.2 Å². The molecule has 1 amide bonds. The minimum Gasteiger partial charge on any atom is -0.500 e. The molecule has 1 aliphatic heterocycles. The topological polar surface area (TPSA) is 65.1 Å². The highest BCUT2D eigenvalue weighted by Crippen LogP contribution is 2.40. The number of methoxy groups -OCH3 is 2. The van der Waals surface area contributed by atoms with Crippen LogP contribution in [0.1, 0.15) is 32.6 Å². The Morgan fingerprint density at radius 2 is 2.17 bits per heavy atom. The maximum Gasteiger partial charge on any atom is 0.302 e. The number of rotatable bonds is 7. The fourth-order valence-electron chi connectivity index (χ4n) is 3.54. The van der Waals surface area contributed by atoms with Crippen LogP contribution in [-0.2, 0) is 23.8 Å². The van der Waals surface area contributed by atoms with Gasteiger partial charge in [0.2, 0.25) is 5.91 Å². The third-order valence-electron chi connectivity index (χ3n) is 4.68. The molecular weight excluding hydrogens is 310 g/mol. The number of carbonyl (C=O) groups is 2. The molecule has 0 N–H and O–H groups in total. The Kier molecular flexibility index (Phi) is 6.43. The molecule has 0 spiro atoms. The maximum atomic E-state index is 13.4. The Morgan fingerprint density at radius 3 is 2.83 bits per heavy atom. The van der Waals surface area contributed by atoms with Crippen molar-refractivity contribution in [3.05, 3.63) is 24.0 Å². The van der Waals surface area contributed by atoms with Crippen molar-refractivity contribution < 1.29 is 23.8 Å². The van der Waals surface area contributed by atoms with Gasteiger partial charge < -0.3 is 19.1 Å². The lowest BCUT2D eigenvalue weighted by Gasteiger charge is -2.38. The molecule has 0 unspecified atom stereocenters. The summed E-state index contributed by atoms with van der Waals surface area (Å²) < 4.78 is 15.9. The molecule has 6 nitrogen and oxygen atoms in total. The second-order valence-electron chi connectivity index (χ2n) is 6.22. The molecule has 1 saturated heterocycles. The number of esters is 1. The van der Waals surface area contributed by atoms with Crippen LogP contribution in [0, 0.1) is 5.41 Å². The van der Waals surface area contributed by atoms with E-state index in [1.807, 2.05) is 23.1 Å². The summed E-state index contributed by atoms with van der Waals surface area (Å²) in [6.07, 6.45) is 8.80. The molecule has 2 rings (SSSR count). The summed E-state index contributed by atoms with van der Waals surface area (Å²) in [5.74, 6) is 0.280. The van der Waals surface area contributed by atoms with Crippen molar-refractivity contribution in [3.63, 3.8) is 0 Å². The molecule has 134 valence electrons. The van der Waals surface area contributed by atoms with E-state index in [0.717, 1.165) is 19.3 Å². The zero-order chi connectivity index (χ0) is 17.6. The number of ether oxygens (including phenoxy) is 3. The number of hydrogen-bond acceptors (Lipinski definition) is 5. The second-order valence-corrected chi connectivity index (χ2v) is 6.22. The predicted molar refractivity (Wildman–Crippen MR) is 89.1 cm³/mol. The monoisotopic (exact) mass is 337 g/mol. The average molecular weight is 337 g/mol. The highest BCUT2D eigenvalue weighted by atomic mass is 16.5. The van der Waals surface area contributed by atoms with Crippen molar-refractivity contribution in [2.45, 2.75) is 38.6 Å². The molecule has 2 aliphatic rings. The van der Waals surface area contributed by atoms with Crippen LogP contribution in [0.25, 0.3) is 0 Å². The third kappa shape index (κ3) is 3.80. The van der Waals surface area contributed by atoms with Gasteiger partial charge in [0, 0.05) is 27.0 Å². The molecule has 0 aromatic carbocycles. The van der Waals surface area contributed by atoms with Gasteiger partial charge in [-0.2, -0.15) is 0 Å². The van der Waals surface area contributed by atoms with Gasteiger partial charge in [0.05, 0.1) is 26.4 Å². The smallest absolute Gasteiger partial charge is 0.302 e. The Hall–Kier alpha value is -1.82. The Bertz CT molecular complexity index is 528. The second kappa shape index (κ2) is 8.33. The van der Waals surface area contributed by atoms with Crippen LogP contribution in [0.3, 0.4) is 0 Å². The van der Waals surface area contributed by atoms with Gasteiger partial charge in [0.25, 0.3) is 0 Å². The van der Waals surface area contributed by atoms with E-state index in [0.29, 0.717) is 25.3 Å². The quantitative estimate of drug-likeness (QED) is 0.525. The van der Waals surface area contributed by atoms with Gasteiger partial charge in [0.15, 0.2) is 0 Å². The van der Waals surface area contributed by atoms with Gasteiger partial charge in [-0.1, -0.05) is 12.2 Å². The summed E-state index contributed by atoms with van der Waals surface area (Å²) in [4.78, 5) is 26.4. The first-order valence-electron chi connectivity index (χ1n) is 8.41. The molecule has 1 heterocycles. The number of amides is 1. The molecule has 0 saturated carbocycles. The minimum absolute atomic E-state index is 0.00162. The van der Waals surface area contributed by atoms with Crippen molar-refractivity contribution in [2.75, 3.05) is 34.0 Å². The first kappa shape index (κ1) is 18.5. The Balaban J connectivity index is 2.26. The molecule has 0 bridgehead atoms. The summed E-state index contributed by atoms with van der Waals surface area (Å²) in [7, 11) is 3.23. The van der Waals surface area contributed by atoms with Gasteiger partial charge in [0.1, 0.15) is 11.2 Å². The lowest BCUT2D eigenvalue weighted by atomic mass is 9.77. The van der Waals surface area contributed by atoms with Crippen LogP contribution in [0.15, 0.2) is 24.0 Å². The summed E-state index contributed by atoms with van der Waals surface area (Å²) in [5, 5.41) is 0. The van der Waals surface area contributed by atoms with Crippen molar-refractivity contribution in [1.82, 2.24) is 4.90 Å². The van der Waals surface area contributed by atoms with Gasteiger partial charge in [-0.15, -0.1) is 0 Å². The van der Waals surface area contributed by atoms with Crippen LogP contribution in [0.2, 0.25) is 0 Å². The summed E-state index contributed by atoms with van der Waals surface area (Å²) in [5.41, 5.74) is -0.904. The van der Waals surface area contributed by atoms with Gasteiger partial charge in [-0.05, 0) is 25.3 Å². The number of likely N-dealkylation sites (tertiary alicyclic amines) is 1. The summed E-state index contributed by atoms with van der Waals surface area (Å²) in [6.45, 7) is 2.79. The molecule has 0 aromatic heterocycles. The lowest BCUT2D eigenvalue weighted by molar-refractivity contribution is -0.147. The average Bonchev–Trinajstić information content (AvgIpc) is 3.02. The molecule has 1 aliphatic carbocycles. The highest BCUT2D eigenvalue weighted by molar-refractivity contribution is 5.88. The normalized spacial score (nSPS) is 26.2. The lowest BCUT2D eigenvalue weighted by Crippen LogP contribution is -2.48. The van der Waals surface area contributed by atoms with Crippen LogP contribution >= 0.6 is 0 Å². The van der Waals surface area contributed by atoms with E-state index in [-0.39, 0.29) is 24.5 Å². The van der Waals surface area contributed by atoms with E-state index in [1.54, 1.807) is 14.2 Å². The van der Waals surface area contributed by atoms with E-state index in [1.165, 1.54) is 6.92 Å². The van der Waals surface area contributed by atoms with E-state index < -0.39 is 5.41 Å². The number of nitrogens with zero attached hydrogens (tertiary/aromatic N) is 1. The van der Waals surface area contributed by atoms with Crippen molar-refractivity contribution in [1.29, 1.82) is 0 Å². The highest BCUT2D eigenvalue weighted by Gasteiger charge is 2.47. The summed E-state index contributed by atoms with van der Waals surface area (Å²) in [6, 6.07) is 0.0848. The van der Waals surface area contributed by atoms with Crippen molar-refractivity contribution >= 4 is 11.9 Å². The number of allylic oxidation sites excluding steroid dienone is 2. The Morgan fingerprint density at radius 1 is 1.38 bits per heavy atom. The van der Waals surface area contributed by atoms with Gasteiger partial charge in [-0.3, -0.25) is 9.59 Å². The van der Waals surface area contributed by atoms with Gasteiger partial charge in [-0.25, -0.2) is 0 Å². The van der Waals surface area contributed by atoms with Crippen LogP contribution in [-0.4, -0.2) is 56.8 Å². The largest absolute Gasteiger partial charge is 0.500 e. The minimum atomic E-state index is -0.904. The van der Waals surface area contributed by atoms with Gasteiger partial charge >= 0.3 is 5.97 Å². The fraction of sp³-hybridized carbons (Fsp3) is 0.667. The number of carbonyl (C=O) groups excluding carboxylic acids is 2. The Labute approximate surface area is 143 Å². The molecular formula is C18H27NO5. The SMILES string of the molecule is COC[C@@H]1CCCN1C(=O)[C@@]1(CCOC(C)=O)C=CCC=C1OC. The first-order chi connectivity index (χ1) is 11.5. The zero-order valence-electron chi connectivity index (χ0n) is 14.7. The third-order valence-corrected chi connectivity index (χ3v) is 4.68. The van der Waals surface area contributed by atoms with E-state index >= 15 is 0 Å². The van der Waals surface area contributed by atoms with E-state index in [9.17, 15) is 9.59 Å². The standard InChI is InChI=1S/C18H27NO5/c1-14(20)24-12-10-18(9-5-4-8-16(18)23-3)17(21)19-11-6-7-15(19)13-22-2/h5,8-9,15H,4,6-7,10-13H2,1-3H3/t15-,18+/m0/s1. The maximum absolute atomic E-state index is 13.4. The van der Waals surface area contributed by atoms with Crippen LogP contribution < -0.4 is 0 Å². The fourth-order valence-corrected chi connectivity index (χ4v) is 3.54. The van der Waals surface area contributed by atoms with Crippen LogP contribution in [0.4, 0.5) is 0 Å². The predicted octanol–water partition coefficient (Wildman–Crippen LogP) is 2.05. The molecule has 0 radical (unpaired) electrons. The molecule has 0 aromatic rings. The zero-order valence-corrected chi connectivity index (χ0v) is 14.7. The molecule has 6 heteroatoms. The molecule has 2 atom stereocenters. The number of hydrogen-bond donors (Lipinski definition) is 0. The van der Waals surface area contributed by atoms with Crippen molar-refractivity contribution in [3.8, 4) is 0 Å².